The highest BCUT2D eigenvalue weighted by Gasteiger charge is 2.09. The molecule has 0 bridgehead atoms. The topological polar surface area (TPSA) is 130 Å². The first kappa shape index (κ1) is 11.2. The molecule has 0 fully saturated rings. The monoisotopic (exact) mass is 214 g/mol. The lowest BCUT2D eigenvalue weighted by Gasteiger charge is -2.26. The maximum Gasteiger partial charge on any atom is 0.119 e. The van der Waals surface area contributed by atoms with Crippen molar-refractivity contribution in [3.63, 3.8) is 0 Å². The Morgan fingerprint density at radius 2 is 1.80 bits per heavy atom. The fourth-order valence-corrected chi connectivity index (χ4v) is 0.973. The summed E-state index contributed by atoms with van der Waals surface area (Å²) in [4.78, 5) is 10.4. The molecule has 8 heteroatoms. The van der Waals surface area contributed by atoms with Crippen LogP contribution in [0.25, 0.3) is 0 Å². The van der Waals surface area contributed by atoms with Gasteiger partial charge in [0.15, 0.2) is 0 Å². The van der Waals surface area contributed by atoms with Crippen LogP contribution in [0.1, 0.15) is 10.4 Å². The highest BCUT2D eigenvalue weighted by molar-refractivity contribution is 5.89. The van der Waals surface area contributed by atoms with Gasteiger partial charge in [0.1, 0.15) is 5.69 Å². The second-order valence-electron chi connectivity index (χ2n) is 2.55. The summed E-state index contributed by atoms with van der Waals surface area (Å²) in [5.74, 6) is -1.56. The average molecular weight is 214 g/mol. The van der Waals surface area contributed by atoms with Crippen LogP contribution in [0.15, 0.2) is 18.2 Å². The number of nitrogens with zero attached hydrogens (tertiary/aromatic N) is 2. The summed E-state index contributed by atoms with van der Waals surface area (Å²) in [6.07, 6.45) is 0. The van der Waals surface area contributed by atoms with E-state index in [0.717, 1.165) is 18.2 Å². The molecule has 0 aliphatic rings. The van der Waals surface area contributed by atoms with Crippen molar-refractivity contribution < 1.29 is 25.5 Å². The molecule has 3 N–H and O–H groups in total. The number of carbonyl (C=O) groups excluding carboxylic acids is 1. The minimum Gasteiger partial charge on any atom is -0.733 e. The maximum atomic E-state index is 10.6. The van der Waals surface area contributed by atoms with Crippen LogP contribution in [-0.4, -0.2) is 21.6 Å². The van der Waals surface area contributed by atoms with Crippen LogP contribution in [0.3, 0.4) is 0 Å². The van der Waals surface area contributed by atoms with Crippen molar-refractivity contribution in [2.75, 3.05) is 10.5 Å². The highest BCUT2D eigenvalue weighted by Crippen LogP contribution is 2.27. The van der Waals surface area contributed by atoms with Crippen molar-refractivity contribution in [2.45, 2.75) is 0 Å². The van der Waals surface area contributed by atoms with Crippen LogP contribution in [0.2, 0.25) is 0 Å². The molecule has 0 unspecified atom stereocenters. The third-order valence-corrected chi connectivity index (χ3v) is 1.63. The molecule has 15 heavy (non-hydrogen) atoms. The zero-order valence-corrected chi connectivity index (χ0v) is 7.19. The van der Waals surface area contributed by atoms with Crippen molar-refractivity contribution in [3.8, 4) is 0 Å². The van der Waals surface area contributed by atoms with Gasteiger partial charge in [0.05, 0.1) is 11.7 Å². The molecule has 1 rings (SSSR count). The van der Waals surface area contributed by atoms with Crippen LogP contribution in [0, 0.1) is 5.21 Å². The fourth-order valence-electron chi connectivity index (χ4n) is 0.973. The lowest BCUT2D eigenvalue weighted by atomic mass is 10.2. The molecule has 0 radical (unpaired) electrons. The number of rotatable bonds is 3. The Hall–Kier alpha value is -1.87. The summed E-state index contributed by atoms with van der Waals surface area (Å²) in [6.45, 7) is 0. The Kier molecular flexibility index (Phi) is 3.07. The lowest BCUT2D eigenvalue weighted by Crippen LogP contribution is -2.23. The molecule has 0 heterocycles. The van der Waals surface area contributed by atoms with Gasteiger partial charge in [-0.25, -0.2) is 0 Å². The summed E-state index contributed by atoms with van der Waals surface area (Å²) >= 11 is 0. The van der Waals surface area contributed by atoms with Gasteiger partial charge >= 0.3 is 0 Å². The second kappa shape index (κ2) is 4.11. The van der Waals surface area contributed by atoms with Crippen LogP contribution >= 0.6 is 0 Å². The van der Waals surface area contributed by atoms with E-state index in [0.29, 0.717) is 0 Å². The number of anilines is 2. The second-order valence-corrected chi connectivity index (χ2v) is 2.55. The number of hydrogen-bond acceptors (Lipinski definition) is 8. The third-order valence-electron chi connectivity index (χ3n) is 1.63. The summed E-state index contributed by atoms with van der Waals surface area (Å²) < 4.78 is 0. The molecule has 1 aromatic rings. The molecule has 8 nitrogen and oxygen atoms in total. The summed E-state index contributed by atoms with van der Waals surface area (Å²) in [5.41, 5.74) is -1.50. The summed E-state index contributed by atoms with van der Waals surface area (Å²) in [7, 11) is 0. The van der Waals surface area contributed by atoms with E-state index in [2.05, 4.69) is 0 Å². The standard InChI is InChI=1S/C7H7N2O6/c10-7(11)4-1-2-5(8(12)13)6(3-4)9(14)15/h1-3,12-14H,(H,10,11)/q-1/p-1. The number of carbonyl (C=O) groups is 1. The first-order chi connectivity index (χ1) is 6.93. The number of carboxylic acid groups (broad SMARTS) is 1. The Balaban J connectivity index is 3.27. The zero-order valence-electron chi connectivity index (χ0n) is 7.19. The molecule has 0 aromatic heterocycles. The first-order valence-corrected chi connectivity index (χ1v) is 3.63. The van der Waals surface area contributed by atoms with Crippen LogP contribution in [0.5, 0.6) is 0 Å². The van der Waals surface area contributed by atoms with Crippen molar-refractivity contribution >= 4 is 17.3 Å². The van der Waals surface area contributed by atoms with E-state index in [4.69, 9.17) is 15.6 Å². The van der Waals surface area contributed by atoms with Gasteiger partial charge < -0.3 is 20.3 Å². The fraction of sp³-hybridized carbons (Fsp3) is 0. The Labute approximate surface area is 83.3 Å². The highest BCUT2D eigenvalue weighted by atomic mass is 16.8. The molecular formula is C7H6N2O6-2. The summed E-state index contributed by atoms with van der Waals surface area (Å²) in [6, 6.07) is 2.63. The lowest BCUT2D eigenvalue weighted by molar-refractivity contribution is -0.255. The predicted molar refractivity (Wildman–Crippen MR) is 44.5 cm³/mol. The SMILES string of the molecule is O=C([O-])c1ccc(N(O)O)c(N([O-])O)c1. The van der Waals surface area contributed by atoms with Crippen molar-refractivity contribution in [1.29, 1.82) is 0 Å². The van der Waals surface area contributed by atoms with Gasteiger partial charge in [-0.1, -0.05) is 6.07 Å². The molecule has 0 aliphatic carbocycles. The molecule has 0 atom stereocenters. The molecule has 0 amide bonds. The minimum atomic E-state index is -1.56. The van der Waals surface area contributed by atoms with Gasteiger partial charge in [-0.2, -0.15) is 0 Å². The van der Waals surface area contributed by atoms with E-state index in [1.807, 2.05) is 0 Å². The number of aromatic carboxylic acids is 1. The number of carboxylic acids is 1. The third kappa shape index (κ3) is 2.33. The Bertz CT molecular complexity index is 378. The van der Waals surface area contributed by atoms with Gasteiger partial charge in [0.25, 0.3) is 0 Å². The number of hydrogen-bond donors (Lipinski definition) is 3. The van der Waals surface area contributed by atoms with Gasteiger partial charge in [0, 0.05) is 0 Å². The minimum absolute atomic E-state index is 0.384. The Morgan fingerprint density at radius 3 is 2.20 bits per heavy atom. The molecule has 0 saturated heterocycles. The van der Waals surface area contributed by atoms with Crippen LogP contribution in [0.4, 0.5) is 11.4 Å². The van der Waals surface area contributed by atoms with Crippen LogP contribution < -0.4 is 15.6 Å². The molecular weight excluding hydrogens is 208 g/mol. The smallest absolute Gasteiger partial charge is 0.119 e. The number of benzene rings is 1. The van der Waals surface area contributed by atoms with Gasteiger partial charge in [-0.3, -0.25) is 15.6 Å². The Morgan fingerprint density at radius 1 is 1.20 bits per heavy atom. The molecule has 82 valence electrons. The summed E-state index contributed by atoms with van der Waals surface area (Å²) in [5, 5.41) is 45.7. The molecule has 0 aliphatic heterocycles. The van der Waals surface area contributed by atoms with E-state index in [1.165, 1.54) is 0 Å². The van der Waals surface area contributed by atoms with Gasteiger partial charge in [0.2, 0.25) is 0 Å². The molecule has 0 saturated carbocycles. The quantitative estimate of drug-likeness (QED) is 0.564. The predicted octanol–water partition coefficient (Wildman–Crippen LogP) is -0.672. The van der Waals surface area contributed by atoms with Gasteiger partial charge in [-0.05, 0) is 17.7 Å². The van der Waals surface area contributed by atoms with Crippen molar-refractivity contribution in [1.82, 2.24) is 0 Å². The average Bonchev–Trinajstić information content (AvgIpc) is 2.16. The van der Waals surface area contributed by atoms with E-state index in [-0.39, 0.29) is 5.56 Å². The zero-order chi connectivity index (χ0) is 11.6. The largest absolute Gasteiger partial charge is 0.733 e. The van der Waals surface area contributed by atoms with Crippen molar-refractivity contribution in [2.24, 2.45) is 0 Å². The maximum absolute atomic E-state index is 10.6. The van der Waals surface area contributed by atoms with E-state index < -0.39 is 27.8 Å². The van der Waals surface area contributed by atoms with Gasteiger partial charge in [-0.15, -0.1) is 5.23 Å². The first-order valence-electron chi connectivity index (χ1n) is 3.63. The van der Waals surface area contributed by atoms with E-state index in [1.54, 1.807) is 0 Å². The molecule has 0 spiro atoms. The van der Waals surface area contributed by atoms with E-state index in [9.17, 15) is 15.1 Å². The van der Waals surface area contributed by atoms with Crippen molar-refractivity contribution in [3.05, 3.63) is 29.0 Å². The molecule has 1 aromatic carbocycles. The van der Waals surface area contributed by atoms with E-state index >= 15 is 0 Å². The van der Waals surface area contributed by atoms with Crippen LogP contribution in [-0.2, 0) is 0 Å². The normalized spacial score (nSPS) is 9.87.